The third-order valence-corrected chi connectivity index (χ3v) is 3.00. The number of methoxy groups -OCH3 is 1. The summed E-state index contributed by atoms with van der Waals surface area (Å²) >= 11 is 0. The van der Waals surface area contributed by atoms with Gasteiger partial charge < -0.3 is 4.74 Å². The third-order valence-electron chi connectivity index (χ3n) is 3.00. The van der Waals surface area contributed by atoms with Gasteiger partial charge in [0.05, 0.1) is 12.8 Å². The molecule has 0 aliphatic heterocycles. The van der Waals surface area contributed by atoms with Crippen molar-refractivity contribution in [2.75, 3.05) is 7.11 Å². The fraction of sp³-hybridized carbons (Fsp3) is 0.667. The third kappa shape index (κ3) is 2.66. The lowest BCUT2D eigenvalue weighted by Gasteiger charge is -2.15. The molecule has 1 fully saturated rings. The Hall–Kier alpha value is -1.36. The van der Waals surface area contributed by atoms with Crippen molar-refractivity contribution in [3.63, 3.8) is 0 Å². The average Bonchev–Trinajstić information content (AvgIpc) is 3.07. The van der Waals surface area contributed by atoms with Gasteiger partial charge in [-0.05, 0) is 19.3 Å². The van der Waals surface area contributed by atoms with Crippen LogP contribution >= 0.6 is 0 Å². The minimum Gasteiger partial charge on any atom is -0.468 e. The number of rotatable bonds is 5. The van der Waals surface area contributed by atoms with Crippen LogP contribution in [-0.4, -0.2) is 28.9 Å². The van der Waals surface area contributed by atoms with Crippen molar-refractivity contribution in [1.82, 2.24) is 15.1 Å². The van der Waals surface area contributed by atoms with Gasteiger partial charge in [0.15, 0.2) is 0 Å². The van der Waals surface area contributed by atoms with Crippen molar-refractivity contribution >= 4 is 5.97 Å². The average molecular weight is 237 g/mol. The van der Waals surface area contributed by atoms with Gasteiger partial charge in [-0.3, -0.25) is 10.00 Å². The van der Waals surface area contributed by atoms with Crippen LogP contribution in [0, 0.1) is 0 Å². The number of hydrogen-bond donors (Lipinski definition) is 1. The van der Waals surface area contributed by atoms with Crippen LogP contribution < -0.4 is 5.32 Å². The minimum absolute atomic E-state index is 0.236. The van der Waals surface area contributed by atoms with E-state index in [1.807, 2.05) is 20.2 Å². The predicted octanol–water partition coefficient (Wildman–Crippen LogP) is 0.949. The number of esters is 1. The molecule has 5 nitrogen and oxygen atoms in total. The summed E-state index contributed by atoms with van der Waals surface area (Å²) < 4.78 is 6.61. The van der Waals surface area contributed by atoms with Gasteiger partial charge in [0.1, 0.15) is 6.04 Å². The normalized spacial score (nSPS) is 16.9. The molecule has 1 aliphatic rings. The first-order chi connectivity index (χ1) is 8.15. The molecule has 2 rings (SSSR count). The standard InChI is InChI=1S/C12H19N3O2/c1-4-10-9(7-15(2)14-10)11(12(16)17-3)13-8-5-6-8/h7-8,11,13H,4-6H2,1-3H3. The molecule has 1 aliphatic carbocycles. The van der Waals surface area contributed by atoms with E-state index in [9.17, 15) is 4.79 Å². The zero-order valence-electron chi connectivity index (χ0n) is 10.6. The summed E-state index contributed by atoms with van der Waals surface area (Å²) in [5, 5.41) is 7.68. The van der Waals surface area contributed by atoms with Crippen molar-refractivity contribution in [3.8, 4) is 0 Å². The van der Waals surface area contributed by atoms with Gasteiger partial charge in [0.2, 0.25) is 0 Å². The van der Waals surface area contributed by atoms with Crippen molar-refractivity contribution in [3.05, 3.63) is 17.5 Å². The zero-order valence-corrected chi connectivity index (χ0v) is 10.6. The van der Waals surface area contributed by atoms with Crippen LogP contribution in [0.25, 0.3) is 0 Å². The van der Waals surface area contributed by atoms with E-state index in [1.54, 1.807) is 4.68 Å². The maximum Gasteiger partial charge on any atom is 0.327 e. The second-order valence-corrected chi connectivity index (χ2v) is 4.46. The monoisotopic (exact) mass is 237 g/mol. The Morgan fingerprint density at radius 2 is 2.41 bits per heavy atom. The van der Waals surface area contributed by atoms with Gasteiger partial charge in [-0.25, -0.2) is 4.79 Å². The minimum atomic E-state index is -0.379. The van der Waals surface area contributed by atoms with Crippen LogP contribution in [0.3, 0.4) is 0 Å². The zero-order chi connectivity index (χ0) is 12.4. The number of aryl methyl sites for hydroxylation is 2. The van der Waals surface area contributed by atoms with E-state index in [-0.39, 0.29) is 12.0 Å². The number of ether oxygens (including phenoxy) is 1. The molecule has 5 heteroatoms. The highest BCUT2D eigenvalue weighted by Gasteiger charge is 2.32. The smallest absolute Gasteiger partial charge is 0.327 e. The van der Waals surface area contributed by atoms with Crippen LogP contribution in [0.5, 0.6) is 0 Å². The van der Waals surface area contributed by atoms with Crippen molar-refractivity contribution < 1.29 is 9.53 Å². The number of hydrogen-bond acceptors (Lipinski definition) is 4. The molecule has 0 saturated heterocycles. The van der Waals surface area contributed by atoms with E-state index in [0.717, 1.165) is 30.5 Å². The molecule has 0 spiro atoms. The van der Waals surface area contributed by atoms with Gasteiger partial charge in [-0.2, -0.15) is 5.10 Å². The fourth-order valence-electron chi connectivity index (χ4n) is 1.96. The predicted molar refractivity (Wildman–Crippen MR) is 63.5 cm³/mol. The van der Waals surface area contributed by atoms with Crippen LogP contribution in [-0.2, 0) is 23.0 Å². The maximum absolute atomic E-state index is 11.8. The second kappa shape index (κ2) is 4.87. The molecule has 0 amide bonds. The molecule has 1 atom stereocenters. The molecule has 1 N–H and O–H groups in total. The quantitative estimate of drug-likeness (QED) is 0.775. The summed E-state index contributed by atoms with van der Waals surface area (Å²) in [4.78, 5) is 11.8. The largest absolute Gasteiger partial charge is 0.468 e. The number of carbonyl (C=O) groups excluding carboxylic acids is 1. The Kier molecular flexibility index (Phi) is 3.47. The molecule has 1 aromatic rings. The summed E-state index contributed by atoms with van der Waals surface area (Å²) in [5.74, 6) is -0.236. The summed E-state index contributed by atoms with van der Waals surface area (Å²) in [5.41, 5.74) is 1.89. The first-order valence-electron chi connectivity index (χ1n) is 6.02. The van der Waals surface area contributed by atoms with E-state index >= 15 is 0 Å². The molecule has 0 bridgehead atoms. The molecular formula is C12H19N3O2. The van der Waals surface area contributed by atoms with E-state index in [0.29, 0.717) is 6.04 Å². The Balaban J connectivity index is 2.25. The summed E-state index contributed by atoms with van der Waals surface area (Å²) in [6.07, 6.45) is 4.98. The van der Waals surface area contributed by atoms with Crippen LogP contribution in [0.1, 0.15) is 37.1 Å². The number of nitrogens with one attached hydrogen (secondary N) is 1. The van der Waals surface area contributed by atoms with Crippen LogP contribution in [0.4, 0.5) is 0 Å². The molecule has 1 saturated carbocycles. The van der Waals surface area contributed by atoms with Crippen molar-refractivity contribution in [2.24, 2.45) is 7.05 Å². The van der Waals surface area contributed by atoms with Gasteiger partial charge in [-0.1, -0.05) is 6.92 Å². The lowest BCUT2D eigenvalue weighted by atomic mass is 10.1. The van der Waals surface area contributed by atoms with Gasteiger partial charge in [0.25, 0.3) is 0 Å². The van der Waals surface area contributed by atoms with Crippen molar-refractivity contribution in [2.45, 2.75) is 38.3 Å². The SMILES string of the molecule is CCc1nn(C)cc1C(NC1CC1)C(=O)OC. The molecule has 0 aromatic carbocycles. The van der Waals surface area contributed by atoms with Gasteiger partial charge >= 0.3 is 5.97 Å². The fourth-order valence-corrected chi connectivity index (χ4v) is 1.96. The molecule has 17 heavy (non-hydrogen) atoms. The van der Waals surface area contributed by atoms with Crippen LogP contribution in [0.15, 0.2) is 6.20 Å². The molecule has 1 unspecified atom stereocenters. The Morgan fingerprint density at radius 1 is 1.71 bits per heavy atom. The molecule has 1 heterocycles. The summed E-state index contributed by atoms with van der Waals surface area (Å²) in [6.45, 7) is 2.04. The van der Waals surface area contributed by atoms with E-state index in [1.165, 1.54) is 7.11 Å². The lowest BCUT2D eigenvalue weighted by molar-refractivity contribution is -0.143. The second-order valence-electron chi connectivity index (χ2n) is 4.46. The maximum atomic E-state index is 11.8. The topological polar surface area (TPSA) is 56.2 Å². The number of nitrogens with zero attached hydrogens (tertiary/aromatic N) is 2. The van der Waals surface area contributed by atoms with E-state index in [4.69, 9.17) is 4.74 Å². The first-order valence-corrected chi connectivity index (χ1v) is 6.02. The Labute approximate surface area is 101 Å². The molecular weight excluding hydrogens is 218 g/mol. The van der Waals surface area contributed by atoms with Gasteiger partial charge in [-0.15, -0.1) is 0 Å². The highest BCUT2D eigenvalue weighted by Crippen LogP contribution is 2.26. The van der Waals surface area contributed by atoms with Gasteiger partial charge in [0, 0.05) is 24.8 Å². The highest BCUT2D eigenvalue weighted by atomic mass is 16.5. The summed E-state index contributed by atoms with van der Waals surface area (Å²) in [6, 6.07) is 0.0696. The number of carbonyl (C=O) groups is 1. The Morgan fingerprint density at radius 3 is 2.94 bits per heavy atom. The van der Waals surface area contributed by atoms with Crippen molar-refractivity contribution in [1.29, 1.82) is 0 Å². The highest BCUT2D eigenvalue weighted by molar-refractivity contribution is 5.77. The molecule has 1 aromatic heterocycles. The molecule has 94 valence electrons. The first kappa shape index (κ1) is 12.1. The van der Waals surface area contributed by atoms with Crippen LogP contribution in [0.2, 0.25) is 0 Å². The summed E-state index contributed by atoms with van der Waals surface area (Å²) in [7, 11) is 3.29. The molecule has 0 radical (unpaired) electrons. The van der Waals surface area contributed by atoms with E-state index < -0.39 is 0 Å². The lowest BCUT2D eigenvalue weighted by Crippen LogP contribution is -2.31. The Bertz CT molecular complexity index is 410. The number of aromatic nitrogens is 2. The van der Waals surface area contributed by atoms with E-state index in [2.05, 4.69) is 10.4 Å².